The van der Waals surface area contributed by atoms with Gasteiger partial charge in [-0.05, 0) is 79.8 Å². The number of halogens is 1. The number of nitrogens with zero attached hydrogens (tertiary/aromatic N) is 1. The number of carbonyl (C=O) groups is 10. The summed E-state index contributed by atoms with van der Waals surface area (Å²) < 4.78 is 28.6. The van der Waals surface area contributed by atoms with Crippen LogP contribution in [0.15, 0.2) is 30.3 Å². The summed E-state index contributed by atoms with van der Waals surface area (Å²) in [6.07, 6.45) is -3.37. The van der Waals surface area contributed by atoms with E-state index in [2.05, 4.69) is 42.5 Å². The van der Waals surface area contributed by atoms with Gasteiger partial charge in [-0.15, -0.1) is 0 Å². The first-order chi connectivity index (χ1) is 33.7. The van der Waals surface area contributed by atoms with Gasteiger partial charge in [-0.25, -0.2) is 4.79 Å². The molecule has 5 aliphatic heterocycles. The smallest absolute Gasteiger partial charge is 0.330 e. The van der Waals surface area contributed by atoms with Crippen molar-refractivity contribution in [2.45, 2.75) is 119 Å². The lowest BCUT2D eigenvalue weighted by Gasteiger charge is -2.36. The Bertz CT molecular complexity index is 2530. The van der Waals surface area contributed by atoms with Gasteiger partial charge in [0.15, 0.2) is 12.3 Å². The number of carbonyl (C=O) groups excluding carboxylic acids is 9. The van der Waals surface area contributed by atoms with Crippen LogP contribution in [0.4, 0.5) is 10.2 Å². The van der Waals surface area contributed by atoms with Crippen molar-refractivity contribution < 1.29 is 77.2 Å². The van der Waals surface area contributed by atoms with E-state index in [1.807, 2.05) is 0 Å². The number of nitrogens with one attached hydrogen (secondary N) is 8. The molecule has 9 unspecified atom stereocenters. The molecule has 0 radical (unpaired) electrons. The standard InChI is InChI=1S/C46H56FN9O15/c1-4-45(3)38(43(68)69)53-32(61)20-56(47)33(62)19-49-39(64)28(51-31(60)10-12-57)18-46-24-6-5-7-29(71-45)34(24)55-44(46)70-37-23-14-21(2)15-27(52-40(65)26-8-9-30(59)50-26)41(66)54-35(42(67)48-11-13-58)36(63)22(16-23)17-25(37)46/h5-7,13,16-17,21,26-28,35-36,38,44,55,57,63H,4,8-12,14-15,18-20H2,1-3H3,(H,48,67)(H,49,64)(H,50,59)(H,51,60)(H,52,65)(H,53,61)(H,54,66)(H,68,69)/t21?,26?,27?,28?,35?,36?,38?,44?,45?,46-/m0/s1. The summed E-state index contributed by atoms with van der Waals surface area (Å²) in [6.45, 7) is 1.34. The number of aliphatic hydroxyl groups is 2. The van der Waals surface area contributed by atoms with Gasteiger partial charge in [0.1, 0.15) is 60.2 Å². The zero-order valence-electron chi connectivity index (χ0n) is 38.9. The molecule has 24 nitrogen and oxygen atoms in total. The molecule has 382 valence electrons. The third-order valence-corrected chi connectivity index (χ3v) is 13.6. The number of carboxylic acid groups (broad SMARTS) is 1. The second-order valence-electron chi connectivity index (χ2n) is 18.5. The van der Waals surface area contributed by atoms with Crippen LogP contribution in [-0.2, 0) is 59.8 Å². The zero-order valence-corrected chi connectivity index (χ0v) is 38.9. The molecular formula is C46H56FN9O15. The largest absolute Gasteiger partial charge is 0.483 e. The summed E-state index contributed by atoms with van der Waals surface area (Å²) >= 11 is 0. The van der Waals surface area contributed by atoms with E-state index in [9.17, 15) is 63.3 Å². The van der Waals surface area contributed by atoms with E-state index < -0.39 is 151 Å². The first-order valence-electron chi connectivity index (χ1n) is 23.1. The van der Waals surface area contributed by atoms with E-state index in [0.29, 0.717) is 17.4 Å². The van der Waals surface area contributed by atoms with Crippen molar-refractivity contribution in [3.63, 3.8) is 0 Å². The maximum atomic E-state index is 15.2. The molecule has 1 spiro atoms. The van der Waals surface area contributed by atoms with Crippen molar-refractivity contribution in [1.29, 1.82) is 0 Å². The number of benzene rings is 2. The third kappa shape index (κ3) is 10.4. The van der Waals surface area contributed by atoms with Gasteiger partial charge in [0.05, 0.1) is 30.8 Å². The number of fused-ring (bicyclic) bond motifs is 4. The Morgan fingerprint density at radius 2 is 1.73 bits per heavy atom. The van der Waals surface area contributed by atoms with Gasteiger partial charge in [-0.3, -0.25) is 38.4 Å². The molecule has 25 heteroatoms. The minimum Gasteiger partial charge on any atom is -0.483 e. The van der Waals surface area contributed by atoms with Crippen LogP contribution in [0, 0.1) is 5.92 Å². The summed E-state index contributed by atoms with van der Waals surface area (Å²) in [7, 11) is 0. The number of carboxylic acids is 1. The number of aliphatic carboxylic acids is 1. The van der Waals surface area contributed by atoms with Gasteiger partial charge in [0, 0.05) is 18.4 Å². The average Bonchev–Trinajstić information content (AvgIpc) is 4.00. The van der Waals surface area contributed by atoms with Crippen molar-refractivity contribution in [1.82, 2.24) is 42.3 Å². The average molecular weight is 994 g/mol. The Labute approximate surface area is 404 Å². The van der Waals surface area contributed by atoms with Gasteiger partial charge in [0.25, 0.3) is 5.91 Å². The highest BCUT2D eigenvalue weighted by atomic mass is 19.2. The summed E-state index contributed by atoms with van der Waals surface area (Å²) in [6, 6.07) is 0.265. The molecule has 8 amide bonds. The lowest BCUT2D eigenvalue weighted by molar-refractivity contribution is -0.153. The number of rotatable bonds is 10. The van der Waals surface area contributed by atoms with E-state index in [0.717, 1.165) is 0 Å². The molecule has 11 N–H and O–H groups in total. The molecule has 0 aliphatic carbocycles. The Balaban J connectivity index is 1.42. The number of aliphatic hydroxyl groups excluding tert-OH is 2. The van der Waals surface area contributed by atoms with Crippen LogP contribution < -0.4 is 52.0 Å². The zero-order chi connectivity index (χ0) is 51.5. The molecule has 5 aliphatic rings. The lowest BCUT2D eigenvalue weighted by atomic mass is 9.70. The van der Waals surface area contributed by atoms with Crippen LogP contribution in [0.1, 0.15) is 87.7 Å². The molecule has 2 aromatic carbocycles. The fourth-order valence-electron chi connectivity index (χ4n) is 9.82. The van der Waals surface area contributed by atoms with E-state index in [1.54, 1.807) is 32.0 Å². The first-order valence-corrected chi connectivity index (χ1v) is 23.1. The molecule has 1 saturated heterocycles. The van der Waals surface area contributed by atoms with Gasteiger partial charge in [0.2, 0.25) is 41.4 Å². The number of anilines is 1. The molecule has 5 heterocycles. The van der Waals surface area contributed by atoms with Gasteiger partial charge < -0.3 is 72.1 Å². The van der Waals surface area contributed by atoms with Crippen LogP contribution in [0.5, 0.6) is 11.5 Å². The molecule has 71 heavy (non-hydrogen) atoms. The molecule has 1 fully saturated rings. The fourth-order valence-corrected chi connectivity index (χ4v) is 9.82. The molecule has 6 bridgehead atoms. The number of amides is 8. The Hall–Kier alpha value is -7.41. The molecule has 0 aromatic heterocycles. The maximum Gasteiger partial charge on any atom is 0.330 e. The molecule has 7 rings (SSSR count). The molecule has 10 atom stereocenters. The second kappa shape index (κ2) is 20.9. The minimum atomic E-state index is -1.89. The predicted molar refractivity (Wildman–Crippen MR) is 241 cm³/mol. The lowest BCUT2D eigenvalue weighted by Crippen LogP contribution is -2.59. The van der Waals surface area contributed by atoms with Crippen LogP contribution in [0.25, 0.3) is 0 Å². The molecular weight excluding hydrogens is 938 g/mol. The number of hydrogen-bond acceptors (Lipinski definition) is 15. The predicted octanol–water partition coefficient (Wildman–Crippen LogP) is -2.49. The fraction of sp³-hybridized carbons (Fsp3) is 0.522. The molecule has 2 aromatic rings. The van der Waals surface area contributed by atoms with Crippen molar-refractivity contribution in [3.8, 4) is 11.5 Å². The quantitative estimate of drug-likeness (QED) is 0.0867. The van der Waals surface area contributed by atoms with Crippen molar-refractivity contribution in [3.05, 3.63) is 52.6 Å². The monoisotopic (exact) mass is 993 g/mol. The van der Waals surface area contributed by atoms with Gasteiger partial charge >= 0.3 is 5.97 Å². The second-order valence-corrected chi connectivity index (χ2v) is 18.5. The molecule has 0 saturated carbocycles. The summed E-state index contributed by atoms with van der Waals surface area (Å²) in [4.78, 5) is 131. The summed E-state index contributed by atoms with van der Waals surface area (Å²) in [5, 5.41) is 52.5. The highest BCUT2D eigenvalue weighted by molar-refractivity contribution is 5.96. The van der Waals surface area contributed by atoms with Crippen molar-refractivity contribution in [2.75, 3.05) is 31.6 Å². The van der Waals surface area contributed by atoms with E-state index in [4.69, 9.17) is 9.47 Å². The highest BCUT2D eigenvalue weighted by Gasteiger charge is 2.59. The van der Waals surface area contributed by atoms with Crippen molar-refractivity contribution >= 4 is 65.2 Å². The summed E-state index contributed by atoms with van der Waals surface area (Å²) in [5.41, 5.74) is -2.16. The third-order valence-electron chi connectivity index (χ3n) is 13.6. The number of aldehydes is 1. The Morgan fingerprint density at radius 3 is 2.41 bits per heavy atom. The Kier molecular flexibility index (Phi) is 15.1. The minimum absolute atomic E-state index is 0.0223. The first kappa shape index (κ1) is 51.4. The van der Waals surface area contributed by atoms with Crippen LogP contribution in [-0.4, -0.2) is 148 Å². The van der Waals surface area contributed by atoms with Crippen LogP contribution in [0.3, 0.4) is 0 Å². The normalized spacial score (nSPS) is 29.6. The van der Waals surface area contributed by atoms with Crippen molar-refractivity contribution in [2.24, 2.45) is 5.92 Å². The maximum absolute atomic E-state index is 15.2. The van der Waals surface area contributed by atoms with Crippen LogP contribution >= 0.6 is 0 Å². The van der Waals surface area contributed by atoms with E-state index >= 15 is 4.48 Å². The van der Waals surface area contributed by atoms with Gasteiger partial charge in [-0.2, -0.15) is 5.12 Å². The summed E-state index contributed by atoms with van der Waals surface area (Å²) in [5.74, 6) is -9.11. The SMILES string of the molecule is CCC1(C)Oc2cccc3c2NC2Oc4c5cc(cc4[C@]32CC(NC(=O)CCO)C(=O)NCC(=O)N(F)CC(=O)NC1C(=O)O)C(O)C(C(=O)NCC=O)NC(=O)C(NC(=O)C1CCC(=O)N1)CC(C)C5. The topological polar surface area (TPSA) is 349 Å². The van der Waals surface area contributed by atoms with E-state index in [1.165, 1.54) is 19.1 Å². The van der Waals surface area contributed by atoms with Gasteiger partial charge in [-0.1, -0.05) is 30.5 Å². The van der Waals surface area contributed by atoms with E-state index in [-0.39, 0.29) is 66.3 Å². The highest BCUT2D eigenvalue weighted by Crippen LogP contribution is 2.60. The number of ether oxygens (including phenoxy) is 2. The van der Waals surface area contributed by atoms with Crippen LogP contribution in [0.2, 0.25) is 0 Å². The number of hydrogen-bond donors (Lipinski definition) is 11. The Morgan fingerprint density at radius 1 is 0.972 bits per heavy atom. The number of para-hydroxylation sites is 1.